The molecule has 0 spiro atoms. The van der Waals surface area contributed by atoms with Crippen LogP contribution in [0.2, 0.25) is 0 Å². The molecule has 1 atom stereocenters. The maximum absolute atomic E-state index is 3.59. The van der Waals surface area contributed by atoms with Gasteiger partial charge >= 0.3 is 0 Å². The van der Waals surface area contributed by atoms with Gasteiger partial charge in [0.15, 0.2) is 0 Å². The highest BCUT2D eigenvalue weighted by Gasteiger charge is 2.20. The van der Waals surface area contributed by atoms with E-state index in [1.807, 2.05) is 11.3 Å². The van der Waals surface area contributed by atoms with E-state index in [0.717, 1.165) is 31.6 Å². The van der Waals surface area contributed by atoms with Crippen molar-refractivity contribution in [2.75, 3.05) is 13.1 Å². The Labute approximate surface area is 122 Å². The molecule has 0 saturated heterocycles. The fourth-order valence-corrected chi connectivity index (χ4v) is 3.24. The first kappa shape index (κ1) is 15.0. The van der Waals surface area contributed by atoms with Crippen molar-refractivity contribution < 1.29 is 0 Å². The highest BCUT2D eigenvalue weighted by molar-refractivity contribution is 7.11. The topological polar surface area (TPSA) is 15.3 Å². The molecular weight excluding hydrogens is 252 g/mol. The summed E-state index contributed by atoms with van der Waals surface area (Å²) in [6.07, 6.45) is 4.02. The van der Waals surface area contributed by atoms with Gasteiger partial charge in [-0.25, -0.2) is 0 Å². The summed E-state index contributed by atoms with van der Waals surface area (Å²) < 4.78 is 0. The van der Waals surface area contributed by atoms with E-state index in [-0.39, 0.29) is 0 Å². The lowest BCUT2D eigenvalue weighted by Crippen LogP contribution is -2.27. The van der Waals surface area contributed by atoms with E-state index in [9.17, 15) is 0 Å². The normalized spacial score (nSPS) is 17.1. The average Bonchev–Trinajstić information content (AvgIpc) is 3.15. The van der Waals surface area contributed by atoms with Crippen LogP contribution in [0.5, 0.6) is 0 Å². The van der Waals surface area contributed by atoms with Gasteiger partial charge in [0, 0.05) is 35.4 Å². The van der Waals surface area contributed by atoms with Crippen molar-refractivity contribution in [2.24, 2.45) is 5.92 Å². The molecule has 19 heavy (non-hydrogen) atoms. The van der Waals surface area contributed by atoms with Crippen LogP contribution in [0.25, 0.3) is 0 Å². The van der Waals surface area contributed by atoms with Gasteiger partial charge < -0.3 is 5.32 Å². The van der Waals surface area contributed by atoms with Crippen molar-refractivity contribution in [3.8, 4) is 0 Å². The van der Waals surface area contributed by atoms with Gasteiger partial charge in [0.05, 0.1) is 0 Å². The molecule has 0 aromatic carbocycles. The van der Waals surface area contributed by atoms with Gasteiger partial charge in [-0.15, -0.1) is 11.3 Å². The second kappa shape index (κ2) is 7.41. The first-order valence-corrected chi connectivity index (χ1v) is 8.56. The van der Waals surface area contributed by atoms with Crippen LogP contribution < -0.4 is 5.32 Å². The molecule has 0 bridgehead atoms. The number of nitrogens with one attached hydrogen (secondary N) is 1. The summed E-state index contributed by atoms with van der Waals surface area (Å²) in [5.74, 6) is 0.802. The Bertz CT molecular complexity index is 371. The Hall–Kier alpha value is -0.380. The van der Waals surface area contributed by atoms with Crippen LogP contribution in [0.3, 0.4) is 0 Å². The van der Waals surface area contributed by atoms with E-state index in [0.29, 0.717) is 0 Å². The molecule has 1 fully saturated rings. The lowest BCUT2D eigenvalue weighted by atomic mass is 10.1. The second-order valence-corrected chi connectivity index (χ2v) is 7.12. The van der Waals surface area contributed by atoms with E-state index < -0.39 is 0 Å². The van der Waals surface area contributed by atoms with Gasteiger partial charge in [-0.2, -0.15) is 0 Å². The molecule has 1 N–H and O–H groups in total. The minimum atomic E-state index is 0.802. The number of thiophene rings is 1. The molecule has 1 saturated carbocycles. The van der Waals surface area contributed by atoms with Crippen LogP contribution >= 0.6 is 11.3 Å². The second-order valence-electron chi connectivity index (χ2n) is 5.86. The average molecular weight is 280 g/mol. The first-order valence-electron chi connectivity index (χ1n) is 7.74. The number of hydrogen-bond donors (Lipinski definition) is 1. The van der Waals surface area contributed by atoms with Crippen molar-refractivity contribution in [1.82, 2.24) is 10.2 Å². The molecule has 0 radical (unpaired) electrons. The molecule has 2 nitrogen and oxygen atoms in total. The fraction of sp³-hybridized carbons (Fsp3) is 0.750. The molecule has 1 aromatic heterocycles. The summed E-state index contributed by atoms with van der Waals surface area (Å²) in [4.78, 5) is 5.57. The summed E-state index contributed by atoms with van der Waals surface area (Å²) in [6, 6.07) is 5.42. The minimum absolute atomic E-state index is 0.802. The Kier molecular flexibility index (Phi) is 5.86. The van der Waals surface area contributed by atoms with Crippen LogP contribution in [0.1, 0.15) is 49.8 Å². The van der Waals surface area contributed by atoms with Crippen molar-refractivity contribution in [2.45, 2.75) is 59.2 Å². The SMILES string of the molecule is CCC(C)CN(CC)Cc1ccc(CNC2CC2)s1. The molecule has 0 aliphatic heterocycles. The van der Waals surface area contributed by atoms with Gasteiger partial charge in [-0.1, -0.05) is 27.2 Å². The molecule has 3 heteroatoms. The standard InChI is InChI=1S/C16H28N2S/c1-4-13(3)11-18(5-2)12-16-9-8-15(19-16)10-17-14-6-7-14/h8-9,13-14,17H,4-7,10-12H2,1-3H3. The van der Waals surface area contributed by atoms with Crippen molar-refractivity contribution in [3.05, 3.63) is 21.9 Å². The lowest BCUT2D eigenvalue weighted by Gasteiger charge is -2.22. The predicted molar refractivity (Wildman–Crippen MR) is 84.6 cm³/mol. The quantitative estimate of drug-likeness (QED) is 0.739. The predicted octanol–water partition coefficient (Wildman–Crippen LogP) is 3.87. The highest BCUT2D eigenvalue weighted by atomic mass is 32.1. The monoisotopic (exact) mass is 280 g/mol. The zero-order valence-corrected chi connectivity index (χ0v) is 13.4. The zero-order chi connectivity index (χ0) is 13.7. The summed E-state index contributed by atoms with van der Waals surface area (Å²) in [5.41, 5.74) is 0. The van der Waals surface area contributed by atoms with Gasteiger partial charge in [-0.05, 0) is 37.4 Å². The maximum atomic E-state index is 3.59. The van der Waals surface area contributed by atoms with Crippen LogP contribution in [-0.4, -0.2) is 24.0 Å². The Morgan fingerprint density at radius 2 is 2.05 bits per heavy atom. The van der Waals surface area contributed by atoms with Crippen LogP contribution in [0, 0.1) is 5.92 Å². The third kappa shape index (κ3) is 5.25. The summed E-state index contributed by atoms with van der Waals surface area (Å²) in [5, 5.41) is 3.59. The summed E-state index contributed by atoms with van der Waals surface area (Å²) in [7, 11) is 0. The number of hydrogen-bond acceptors (Lipinski definition) is 3. The molecule has 1 unspecified atom stereocenters. The van der Waals surface area contributed by atoms with E-state index in [2.05, 4.69) is 43.1 Å². The molecule has 1 aliphatic rings. The van der Waals surface area contributed by atoms with Gasteiger partial charge in [-0.3, -0.25) is 4.90 Å². The minimum Gasteiger partial charge on any atom is -0.309 e. The van der Waals surface area contributed by atoms with E-state index >= 15 is 0 Å². The van der Waals surface area contributed by atoms with E-state index in [1.54, 1.807) is 0 Å². The molecule has 1 heterocycles. The number of nitrogens with zero attached hydrogens (tertiary/aromatic N) is 1. The van der Waals surface area contributed by atoms with Gasteiger partial charge in [0.1, 0.15) is 0 Å². The Morgan fingerprint density at radius 3 is 2.68 bits per heavy atom. The van der Waals surface area contributed by atoms with Crippen LogP contribution in [0.4, 0.5) is 0 Å². The third-order valence-electron chi connectivity index (χ3n) is 3.95. The van der Waals surface area contributed by atoms with Gasteiger partial charge in [0.25, 0.3) is 0 Å². The fourth-order valence-electron chi connectivity index (χ4n) is 2.23. The van der Waals surface area contributed by atoms with Crippen LogP contribution in [0.15, 0.2) is 12.1 Å². The third-order valence-corrected chi connectivity index (χ3v) is 5.02. The molecule has 1 aliphatic carbocycles. The highest BCUT2D eigenvalue weighted by Crippen LogP contribution is 2.22. The first-order chi connectivity index (χ1) is 9.21. The van der Waals surface area contributed by atoms with Crippen LogP contribution in [-0.2, 0) is 13.1 Å². The maximum Gasteiger partial charge on any atom is 0.0328 e. The summed E-state index contributed by atoms with van der Waals surface area (Å²) in [6.45, 7) is 11.5. The Balaban J connectivity index is 1.79. The molecule has 108 valence electrons. The largest absolute Gasteiger partial charge is 0.309 e. The molecular formula is C16H28N2S. The molecule has 2 rings (SSSR count). The van der Waals surface area contributed by atoms with E-state index in [4.69, 9.17) is 0 Å². The Morgan fingerprint density at radius 1 is 1.32 bits per heavy atom. The lowest BCUT2D eigenvalue weighted by molar-refractivity contribution is 0.240. The van der Waals surface area contributed by atoms with Gasteiger partial charge in [0.2, 0.25) is 0 Å². The zero-order valence-electron chi connectivity index (χ0n) is 12.6. The molecule has 1 aromatic rings. The smallest absolute Gasteiger partial charge is 0.0328 e. The molecule has 0 amide bonds. The number of rotatable bonds is 9. The van der Waals surface area contributed by atoms with Crippen molar-refractivity contribution >= 4 is 11.3 Å². The summed E-state index contributed by atoms with van der Waals surface area (Å²) >= 11 is 1.98. The van der Waals surface area contributed by atoms with Crippen molar-refractivity contribution in [1.29, 1.82) is 0 Å². The van der Waals surface area contributed by atoms with Crippen molar-refractivity contribution in [3.63, 3.8) is 0 Å². The van der Waals surface area contributed by atoms with E-state index in [1.165, 1.54) is 35.6 Å².